The number of nitrogens with one attached hydrogen (secondary N) is 2. The molecule has 3 aromatic heterocycles. The summed E-state index contributed by atoms with van der Waals surface area (Å²) in [5.41, 5.74) is 11.1. The van der Waals surface area contributed by atoms with Gasteiger partial charge in [0.25, 0.3) is 0 Å². The molecule has 0 bridgehead atoms. The molecule has 0 unspecified atom stereocenters. The van der Waals surface area contributed by atoms with E-state index in [1.807, 2.05) is 42.5 Å². The molecule has 158 valence electrons. The van der Waals surface area contributed by atoms with Crippen molar-refractivity contribution in [2.75, 3.05) is 16.4 Å². The molecule has 0 amide bonds. The van der Waals surface area contributed by atoms with Crippen LogP contribution in [0.25, 0.3) is 16.9 Å². The fourth-order valence-electron chi connectivity index (χ4n) is 3.22. The first-order chi connectivity index (χ1) is 15.7. The number of hydrogen-bond donors (Lipinski definition) is 3. The molecule has 0 radical (unpaired) electrons. The van der Waals surface area contributed by atoms with E-state index in [-0.39, 0.29) is 0 Å². The molecule has 4 N–H and O–H groups in total. The van der Waals surface area contributed by atoms with E-state index in [1.165, 1.54) is 0 Å². The van der Waals surface area contributed by atoms with Crippen LogP contribution in [0.1, 0.15) is 5.56 Å². The highest BCUT2D eigenvalue weighted by Gasteiger charge is 2.12. The number of nitrogen functional groups attached to an aromatic ring is 1. The summed E-state index contributed by atoms with van der Waals surface area (Å²) in [6, 6.07) is 21.6. The Labute approximate surface area is 192 Å². The van der Waals surface area contributed by atoms with E-state index in [1.54, 1.807) is 16.9 Å². The predicted octanol–water partition coefficient (Wildman–Crippen LogP) is 4.89. The Morgan fingerprint density at radius 2 is 1.75 bits per heavy atom. The highest BCUT2D eigenvalue weighted by molar-refractivity contribution is 9.10. The minimum Gasteiger partial charge on any atom is -0.399 e. The van der Waals surface area contributed by atoms with Gasteiger partial charge in [-0.05, 0) is 57.9 Å². The van der Waals surface area contributed by atoms with Gasteiger partial charge in [0.15, 0.2) is 5.65 Å². The number of halogens is 1. The second kappa shape index (κ2) is 8.64. The van der Waals surface area contributed by atoms with Crippen molar-refractivity contribution >= 4 is 44.8 Å². The van der Waals surface area contributed by atoms with Crippen molar-refractivity contribution in [3.63, 3.8) is 0 Å². The van der Waals surface area contributed by atoms with Crippen LogP contribution in [-0.4, -0.2) is 24.6 Å². The van der Waals surface area contributed by atoms with Gasteiger partial charge in [-0.2, -0.15) is 19.6 Å². The highest BCUT2D eigenvalue weighted by Crippen LogP contribution is 2.23. The van der Waals surface area contributed by atoms with Crippen molar-refractivity contribution < 1.29 is 0 Å². The van der Waals surface area contributed by atoms with E-state index in [2.05, 4.69) is 70.9 Å². The molecule has 32 heavy (non-hydrogen) atoms. The molecule has 0 fully saturated rings. The number of anilines is 4. The Bertz CT molecular complexity index is 1350. The summed E-state index contributed by atoms with van der Waals surface area (Å²) in [5, 5.41) is 11.0. The van der Waals surface area contributed by atoms with Crippen LogP contribution in [0.5, 0.6) is 0 Å². The second-order valence-electron chi connectivity index (χ2n) is 7.11. The van der Waals surface area contributed by atoms with Crippen molar-refractivity contribution in [2.24, 2.45) is 0 Å². The molecule has 0 aliphatic carbocycles. The monoisotopic (exact) mass is 486 g/mol. The van der Waals surface area contributed by atoms with Crippen LogP contribution in [0.15, 0.2) is 83.6 Å². The standard InChI is InChI=1S/C23H19BrN8/c24-19-14-28-32-21(19)30-22(29-18-10-8-17(25)9-11-18)31-23(32)27-13-15-4-6-16(7-5-15)20-3-1-2-12-26-20/h1-12,14H,13,25H2,(H2,27,29,30,31). The lowest BCUT2D eigenvalue weighted by Crippen LogP contribution is -2.10. The Morgan fingerprint density at radius 1 is 0.938 bits per heavy atom. The lowest BCUT2D eigenvalue weighted by Gasteiger charge is -2.11. The van der Waals surface area contributed by atoms with Gasteiger partial charge in [-0.1, -0.05) is 30.3 Å². The van der Waals surface area contributed by atoms with Crippen molar-refractivity contribution in [3.8, 4) is 11.3 Å². The second-order valence-corrected chi connectivity index (χ2v) is 7.97. The fraction of sp³-hybridized carbons (Fsp3) is 0.0435. The van der Waals surface area contributed by atoms with Gasteiger partial charge in [-0.15, -0.1) is 0 Å². The van der Waals surface area contributed by atoms with Crippen LogP contribution in [0, 0.1) is 0 Å². The van der Waals surface area contributed by atoms with Crippen LogP contribution in [-0.2, 0) is 6.54 Å². The normalized spacial score (nSPS) is 10.9. The molecule has 0 atom stereocenters. The van der Waals surface area contributed by atoms with Crippen LogP contribution < -0.4 is 16.4 Å². The summed E-state index contributed by atoms with van der Waals surface area (Å²) < 4.78 is 2.45. The molecule has 8 nitrogen and oxygen atoms in total. The van der Waals surface area contributed by atoms with Crippen molar-refractivity contribution in [1.82, 2.24) is 24.6 Å². The number of pyridine rings is 1. The summed E-state index contributed by atoms with van der Waals surface area (Å²) >= 11 is 3.50. The third kappa shape index (κ3) is 4.23. The summed E-state index contributed by atoms with van der Waals surface area (Å²) in [6.07, 6.45) is 3.49. The maximum Gasteiger partial charge on any atom is 0.232 e. The lowest BCUT2D eigenvalue weighted by molar-refractivity contribution is 0.884. The highest BCUT2D eigenvalue weighted by atomic mass is 79.9. The molecule has 2 aromatic carbocycles. The third-order valence-corrected chi connectivity index (χ3v) is 5.42. The number of nitrogens with zero attached hydrogens (tertiary/aromatic N) is 5. The Hall–Kier alpha value is -3.98. The molecule has 3 heterocycles. The molecule has 9 heteroatoms. The van der Waals surface area contributed by atoms with Gasteiger partial charge >= 0.3 is 0 Å². The van der Waals surface area contributed by atoms with Crippen LogP contribution >= 0.6 is 15.9 Å². The van der Waals surface area contributed by atoms with E-state index in [9.17, 15) is 0 Å². The van der Waals surface area contributed by atoms with Crippen molar-refractivity contribution in [1.29, 1.82) is 0 Å². The largest absolute Gasteiger partial charge is 0.399 e. The number of fused-ring (bicyclic) bond motifs is 1. The van der Waals surface area contributed by atoms with Crippen molar-refractivity contribution in [3.05, 3.63) is 89.2 Å². The minimum absolute atomic E-state index is 0.455. The maximum absolute atomic E-state index is 5.77. The average Bonchev–Trinajstić information content (AvgIpc) is 3.21. The first-order valence-electron chi connectivity index (χ1n) is 9.94. The zero-order valence-electron chi connectivity index (χ0n) is 16.9. The molecule has 0 saturated carbocycles. The quantitative estimate of drug-likeness (QED) is 0.293. The molecule has 0 aliphatic heterocycles. The van der Waals surface area contributed by atoms with Crippen molar-refractivity contribution in [2.45, 2.75) is 6.54 Å². The van der Waals surface area contributed by atoms with Crippen LogP contribution in [0.4, 0.5) is 23.3 Å². The van der Waals surface area contributed by atoms with E-state index >= 15 is 0 Å². The van der Waals surface area contributed by atoms with Gasteiger partial charge in [-0.25, -0.2) is 0 Å². The molecule has 0 aliphatic rings. The first kappa shape index (κ1) is 20.0. The Balaban J connectivity index is 1.38. The number of benzene rings is 2. The van der Waals surface area contributed by atoms with Gasteiger partial charge in [0.2, 0.25) is 11.9 Å². The SMILES string of the molecule is Nc1ccc(Nc2nc(NCc3ccc(-c4ccccn4)cc3)n3ncc(Br)c3n2)cc1. The summed E-state index contributed by atoms with van der Waals surface area (Å²) in [4.78, 5) is 13.6. The molecule has 0 spiro atoms. The van der Waals surface area contributed by atoms with E-state index in [4.69, 9.17) is 5.73 Å². The zero-order valence-corrected chi connectivity index (χ0v) is 18.5. The van der Waals surface area contributed by atoms with E-state index in [0.29, 0.717) is 29.8 Å². The number of rotatable bonds is 6. The number of nitrogens with two attached hydrogens (primary N) is 1. The topological polar surface area (TPSA) is 106 Å². The van der Waals surface area contributed by atoms with Gasteiger partial charge in [0.1, 0.15) is 0 Å². The Kier molecular flexibility index (Phi) is 5.39. The molecule has 0 saturated heterocycles. The maximum atomic E-state index is 5.77. The third-order valence-electron chi connectivity index (χ3n) is 4.86. The van der Waals surface area contributed by atoms with Gasteiger partial charge in [0, 0.05) is 29.7 Å². The molecule has 5 aromatic rings. The summed E-state index contributed by atoms with van der Waals surface area (Å²) in [7, 11) is 0. The summed E-state index contributed by atoms with van der Waals surface area (Å²) in [5.74, 6) is 1.03. The van der Waals surface area contributed by atoms with Gasteiger partial charge in [-0.3, -0.25) is 4.98 Å². The summed E-state index contributed by atoms with van der Waals surface area (Å²) in [6.45, 7) is 0.577. The average molecular weight is 487 g/mol. The van der Waals surface area contributed by atoms with E-state index in [0.717, 1.165) is 27.0 Å². The Morgan fingerprint density at radius 3 is 2.50 bits per heavy atom. The van der Waals surface area contributed by atoms with Crippen LogP contribution in [0.2, 0.25) is 0 Å². The number of aromatic nitrogens is 5. The molecule has 5 rings (SSSR count). The zero-order chi connectivity index (χ0) is 21.9. The lowest BCUT2D eigenvalue weighted by atomic mass is 10.1. The van der Waals surface area contributed by atoms with E-state index < -0.39 is 0 Å². The predicted molar refractivity (Wildman–Crippen MR) is 130 cm³/mol. The minimum atomic E-state index is 0.455. The number of hydrogen-bond acceptors (Lipinski definition) is 7. The van der Waals surface area contributed by atoms with Crippen LogP contribution in [0.3, 0.4) is 0 Å². The molecular formula is C23H19BrN8. The van der Waals surface area contributed by atoms with Gasteiger partial charge < -0.3 is 16.4 Å². The smallest absolute Gasteiger partial charge is 0.232 e. The first-order valence-corrected chi connectivity index (χ1v) is 10.7. The fourth-order valence-corrected chi connectivity index (χ4v) is 3.57. The molecular weight excluding hydrogens is 468 g/mol. The van der Waals surface area contributed by atoms with Gasteiger partial charge in [0.05, 0.1) is 16.4 Å².